The third-order valence-electron chi connectivity index (χ3n) is 3.29. The van der Waals surface area contributed by atoms with Gasteiger partial charge in [-0.2, -0.15) is 0 Å². The molecule has 1 aliphatic carbocycles. The maximum Gasteiger partial charge on any atom is 0.0704 e. The van der Waals surface area contributed by atoms with E-state index in [1.165, 1.54) is 19.3 Å². The standard InChI is InChI=1S/C14H29NO3/c1-3-7-15-13-5-6-14(12-13)18-11-10-17-9-4-8-16-2/h13-15H,3-12H2,1-2H3. The number of hydrogen-bond donors (Lipinski definition) is 1. The van der Waals surface area contributed by atoms with Gasteiger partial charge in [0, 0.05) is 26.4 Å². The Balaban J connectivity index is 1.88. The molecule has 0 bridgehead atoms. The molecule has 0 spiro atoms. The fourth-order valence-corrected chi connectivity index (χ4v) is 2.31. The van der Waals surface area contributed by atoms with E-state index in [4.69, 9.17) is 14.2 Å². The molecule has 0 aromatic heterocycles. The SMILES string of the molecule is CCCNC1CCC(OCCOCCCOC)C1. The van der Waals surface area contributed by atoms with Gasteiger partial charge in [0.1, 0.15) is 0 Å². The number of hydrogen-bond acceptors (Lipinski definition) is 4. The van der Waals surface area contributed by atoms with Gasteiger partial charge in [-0.3, -0.25) is 0 Å². The Kier molecular flexibility index (Phi) is 9.48. The zero-order chi connectivity index (χ0) is 13.1. The van der Waals surface area contributed by atoms with Gasteiger partial charge in [0.2, 0.25) is 0 Å². The lowest BCUT2D eigenvalue weighted by Crippen LogP contribution is -2.28. The highest BCUT2D eigenvalue weighted by atomic mass is 16.5. The first-order valence-corrected chi connectivity index (χ1v) is 7.28. The van der Waals surface area contributed by atoms with Gasteiger partial charge in [-0.05, 0) is 38.6 Å². The summed E-state index contributed by atoms with van der Waals surface area (Å²) >= 11 is 0. The highest BCUT2D eigenvalue weighted by Crippen LogP contribution is 2.21. The Morgan fingerprint density at radius 1 is 1.11 bits per heavy atom. The Morgan fingerprint density at radius 3 is 2.78 bits per heavy atom. The van der Waals surface area contributed by atoms with Gasteiger partial charge >= 0.3 is 0 Å². The van der Waals surface area contributed by atoms with Crippen LogP contribution in [0.3, 0.4) is 0 Å². The van der Waals surface area contributed by atoms with Crippen molar-refractivity contribution < 1.29 is 14.2 Å². The molecule has 0 amide bonds. The van der Waals surface area contributed by atoms with Crippen molar-refractivity contribution in [1.29, 1.82) is 0 Å². The van der Waals surface area contributed by atoms with Crippen LogP contribution in [0.1, 0.15) is 39.0 Å². The van der Waals surface area contributed by atoms with Crippen molar-refractivity contribution in [2.45, 2.75) is 51.2 Å². The van der Waals surface area contributed by atoms with E-state index < -0.39 is 0 Å². The molecule has 1 saturated carbocycles. The second-order valence-electron chi connectivity index (χ2n) is 4.92. The highest BCUT2D eigenvalue weighted by Gasteiger charge is 2.24. The van der Waals surface area contributed by atoms with Crippen LogP contribution in [0.25, 0.3) is 0 Å². The fourth-order valence-electron chi connectivity index (χ4n) is 2.31. The van der Waals surface area contributed by atoms with Crippen molar-refractivity contribution in [1.82, 2.24) is 5.32 Å². The molecular formula is C14H29NO3. The maximum absolute atomic E-state index is 5.82. The van der Waals surface area contributed by atoms with Gasteiger partial charge in [0.25, 0.3) is 0 Å². The van der Waals surface area contributed by atoms with Gasteiger partial charge in [0.05, 0.1) is 19.3 Å². The number of nitrogens with one attached hydrogen (secondary N) is 1. The molecule has 1 rings (SSSR count). The molecule has 1 aliphatic rings. The average Bonchev–Trinajstić information content (AvgIpc) is 2.83. The summed E-state index contributed by atoms with van der Waals surface area (Å²) in [7, 11) is 1.71. The molecule has 2 unspecified atom stereocenters. The van der Waals surface area contributed by atoms with Crippen LogP contribution in [0.5, 0.6) is 0 Å². The molecule has 18 heavy (non-hydrogen) atoms. The van der Waals surface area contributed by atoms with Crippen molar-refractivity contribution in [3.8, 4) is 0 Å². The van der Waals surface area contributed by atoms with E-state index in [1.807, 2.05) is 0 Å². The van der Waals surface area contributed by atoms with E-state index in [0.717, 1.165) is 39.2 Å². The Bertz CT molecular complexity index is 190. The van der Waals surface area contributed by atoms with E-state index in [0.29, 0.717) is 18.8 Å². The van der Waals surface area contributed by atoms with Crippen LogP contribution in [0.15, 0.2) is 0 Å². The van der Waals surface area contributed by atoms with E-state index in [-0.39, 0.29) is 0 Å². The van der Waals surface area contributed by atoms with E-state index in [1.54, 1.807) is 7.11 Å². The zero-order valence-electron chi connectivity index (χ0n) is 12.0. The molecule has 0 saturated heterocycles. The monoisotopic (exact) mass is 259 g/mol. The molecule has 0 aliphatic heterocycles. The van der Waals surface area contributed by atoms with E-state index in [9.17, 15) is 0 Å². The first-order valence-electron chi connectivity index (χ1n) is 7.28. The normalized spacial score (nSPS) is 23.7. The quantitative estimate of drug-likeness (QED) is 0.576. The van der Waals surface area contributed by atoms with Gasteiger partial charge in [0.15, 0.2) is 0 Å². The minimum absolute atomic E-state index is 0.432. The van der Waals surface area contributed by atoms with Crippen LogP contribution in [-0.4, -0.2) is 52.2 Å². The molecular weight excluding hydrogens is 230 g/mol. The molecule has 2 atom stereocenters. The first kappa shape index (κ1) is 15.9. The smallest absolute Gasteiger partial charge is 0.0704 e. The summed E-state index contributed by atoms with van der Waals surface area (Å²) < 4.78 is 16.2. The number of methoxy groups -OCH3 is 1. The number of rotatable bonds is 11. The number of ether oxygens (including phenoxy) is 3. The largest absolute Gasteiger partial charge is 0.385 e. The molecule has 1 fully saturated rings. The molecule has 0 radical (unpaired) electrons. The maximum atomic E-state index is 5.82. The van der Waals surface area contributed by atoms with Crippen molar-refractivity contribution in [3.05, 3.63) is 0 Å². The minimum Gasteiger partial charge on any atom is -0.385 e. The molecule has 0 aromatic rings. The van der Waals surface area contributed by atoms with Gasteiger partial charge in [-0.1, -0.05) is 6.92 Å². The lowest BCUT2D eigenvalue weighted by atomic mass is 10.2. The first-order chi connectivity index (χ1) is 8.86. The van der Waals surface area contributed by atoms with Gasteiger partial charge in [-0.25, -0.2) is 0 Å². The average molecular weight is 259 g/mol. The van der Waals surface area contributed by atoms with Crippen LogP contribution in [0, 0.1) is 0 Å². The van der Waals surface area contributed by atoms with Crippen molar-refractivity contribution in [2.24, 2.45) is 0 Å². The molecule has 4 heteroatoms. The summed E-state index contributed by atoms with van der Waals surface area (Å²) in [6.07, 6.45) is 6.19. The third kappa shape index (κ3) is 7.31. The Hall–Kier alpha value is -0.160. The Labute approximate surface area is 111 Å². The molecule has 1 N–H and O–H groups in total. The van der Waals surface area contributed by atoms with Crippen LogP contribution < -0.4 is 5.32 Å². The summed E-state index contributed by atoms with van der Waals surface area (Å²) in [5, 5.41) is 3.56. The summed E-state index contributed by atoms with van der Waals surface area (Å²) in [4.78, 5) is 0. The van der Waals surface area contributed by atoms with Crippen LogP contribution >= 0.6 is 0 Å². The van der Waals surface area contributed by atoms with E-state index in [2.05, 4.69) is 12.2 Å². The minimum atomic E-state index is 0.432. The predicted octanol–water partition coefficient (Wildman–Crippen LogP) is 1.98. The molecule has 0 aromatic carbocycles. The summed E-state index contributed by atoms with van der Waals surface area (Å²) in [6.45, 7) is 6.29. The summed E-state index contributed by atoms with van der Waals surface area (Å²) in [5.41, 5.74) is 0. The summed E-state index contributed by atoms with van der Waals surface area (Å²) in [5.74, 6) is 0. The third-order valence-corrected chi connectivity index (χ3v) is 3.29. The molecule has 4 nitrogen and oxygen atoms in total. The highest BCUT2D eigenvalue weighted by molar-refractivity contribution is 4.80. The van der Waals surface area contributed by atoms with E-state index >= 15 is 0 Å². The zero-order valence-corrected chi connectivity index (χ0v) is 12.0. The van der Waals surface area contributed by atoms with Crippen LogP contribution in [0.4, 0.5) is 0 Å². The lowest BCUT2D eigenvalue weighted by molar-refractivity contribution is 0.00353. The second-order valence-corrected chi connectivity index (χ2v) is 4.92. The molecule has 108 valence electrons. The fraction of sp³-hybridized carbons (Fsp3) is 1.00. The van der Waals surface area contributed by atoms with Gasteiger partial charge < -0.3 is 19.5 Å². The predicted molar refractivity (Wildman–Crippen MR) is 73.0 cm³/mol. The second kappa shape index (κ2) is 10.7. The van der Waals surface area contributed by atoms with Crippen LogP contribution in [0.2, 0.25) is 0 Å². The van der Waals surface area contributed by atoms with Gasteiger partial charge in [-0.15, -0.1) is 0 Å². The van der Waals surface area contributed by atoms with Crippen LogP contribution in [-0.2, 0) is 14.2 Å². The van der Waals surface area contributed by atoms with Crippen molar-refractivity contribution in [3.63, 3.8) is 0 Å². The summed E-state index contributed by atoms with van der Waals surface area (Å²) in [6, 6.07) is 0.664. The Morgan fingerprint density at radius 2 is 2.00 bits per heavy atom. The lowest BCUT2D eigenvalue weighted by Gasteiger charge is -2.13. The topological polar surface area (TPSA) is 39.7 Å². The van der Waals surface area contributed by atoms with Crippen molar-refractivity contribution in [2.75, 3.05) is 40.1 Å². The van der Waals surface area contributed by atoms with Crippen molar-refractivity contribution >= 4 is 0 Å². The molecule has 0 heterocycles.